The third kappa shape index (κ3) is 3.30. The minimum absolute atomic E-state index is 0.449. The smallest absolute Gasteiger partial charge is 0.124 e. The summed E-state index contributed by atoms with van der Waals surface area (Å²) in [6, 6.07) is 6.19. The van der Waals surface area contributed by atoms with Crippen LogP contribution in [0.2, 0.25) is 0 Å². The van der Waals surface area contributed by atoms with Crippen LogP contribution >= 0.6 is 27.5 Å². The molecule has 0 atom stereocenters. The number of nitrogens with zero attached hydrogens (tertiary/aromatic N) is 3. The monoisotopic (exact) mass is 343 g/mol. The van der Waals surface area contributed by atoms with Crippen molar-refractivity contribution in [3.05, 3.63) is 28.5 Å². The molecule has 1 aromatic carbocycles. The Hall–Kier alpha value is -0.580. The Balaban J connectivity index is 2.30. The Morgan fingerprint density at radius 1 is 1.32 bits per heavy atom. The van der Waals surface area contributed by atoms with Gasteiger partial charge in [-0.15, -0.1) is 11.6 Å². The molecule has 0 amide bonds. The van der Waals surface area contributed by atoms with Crippen LogP contribution in [0.25, 0.3) is 11.0 Å². The molecule has 0 saturated heterocycles. The quantitative estimate of drug-likeness (QED) is 0.742. The highest BCUT2D eigenvalue weighted by Gasteiger charge is 2.11. The van der Waals surface area contributed by atoms with E-state index in [1.165, 1.54) is 0 Å². The molecular weight excluding hydrogens is 326 g/mol. The van der Waals surface area contributed by atoms with Crippen LogP contribution < -0.4 is 0 Å². The van der Waals surface area contributed by atoms with Crippen molar-refractivity contribution in [2.24, 2.45) is 0 Å². The number of hydrogen-bond acceptors (Lipinski definition) is 2. The first-order chi connectivity index (χ1) is 9.19. The van der Waals surface area contributed by atoms with E-state index in [9.17, 15) is 0 Å². The van der Waals surface area contributed by atoms with Crippen molar-refractivity contribution in [2.45, 2.75) is 26.3 Å². The maximum Gasteiger partial charge on any atom is 0.124 e. The largest absolute Gasteiger partial charge is 0.326 e. The van der Waals surface area contributed by atoms with Gasteiger partial charge in [-0.3, -0.25) is 0 Å². The van der Waals surface area contributed by atoms with Gasteiger partial charge in [0.05, 0.1) is 16.9 Å². The summed E-state index contributed by atoms with van der Waals surface area (Å²) in [4.78, 5) is 7.01. The number of likely N-dealkylation sites (N-methyl/N-ethyl adjacent to an activating group) is 1. The first-order valence-corrected chi connectivity index (χ1v) is 7.95. The molecule has 0 radical (unpaired) electrons. The van der Waals surface area contributed by atoms with Crippen LogP contribution in [0.1, 0.15) is 19.7 Å². The highest BCUT2D eigenvalue weighted by atomic mass is 79.9. The lowest BCUT2D eigenvalue weighted by Gasteiger charge is -2.19. The van der Waals surface area contributed by atoms with E-state index in [0.29, 0.717) is 5.88 Å². The summed E-state index contributed by atoms with van der Waals surface area (Å²) in [6.45, 7) is 8.49. The Labute approximate surface area is 127 Å². The van der Waals surface area contributed by atoms with E-state index in [1.54, 1.807) is 0 Å². The first-order valence-electron chi connectivity index (χ1n) is 6.62. The minimum Gasteiger partial charge on any atom is -0.326 e. The summed E-state index contributed by atoms with van der Waals surface area (Å²) in [6.07, 6.45) is 0. The van der Waals surface area contributed by atoms with Gasteiger partial charge in [0.1, 0.15) is 5.82 Å². The van der Waals surface area contributed by atoms with Crippen molar-refractivity contribution in [1.29, 1.82) is 0 Å². The topological polar surface area (TPSA) is 21.1 Å². The van der Waals surface area contributed by atoms with Crippen molar-refractivity contribution in [3.8, 4) is 0 Å². The second kappa shape index (κ2) is 6.73. The van der Waals surface area contributed by atoms with E-state index in [0.717, 1.165) is 47.5 Å². The summed E-state index contributed by atoms with van der Waals surface area (Å²) >= 11 is 9.50. The second-order valence-corrected chi connectivity index (χ2v) is 5.66. The van der Waals surface area contributed by atoms with Crippen molar-refractivity contribution in [2.75, 3.05) is 19.6 Å². The average Bonchev–Trinajstić information content (AvgIpc) is 2.77. The van der Waals surface area contributed by atoms with Crippen LogP contribution in [-0.2, 0) is 12.4 Å². The average molecular weight is 345 g/mol. The lowest BCUT2D eigenvalue weighted by atomic mass is 10.3. The van der Waals surface area contributed by atoms with Gasteiger partial charge in [-0.25, -0.2) is 4.98 Å². The predicted molar refractivity (Wildman–Crippen MR) is 84.8 cm³/mol. The van der Waals surface area contributed by atoms with Crippen LogP contribution in [-0.4, -0.2) is 34.1 Å². The van der Waals surface area contributed by atoms with Gasteiger partial charge >= 0.3 is 0 Å². The van der Waals surface area contributed by atoms with E-state index in [4.69, 9.17) is 11.6 Å². The second-order valence-electron chi connectivity index (χ2n) is 4.47. The van der Waals surface area contributed by atoms with E-state index in [2.05, 4.69) is 56.4 Å². The zero-order valence-electron chi connectivity index (χ0n) is 11.4. The van der Waals surface area contributed by atoms with Crippen molar-refractivity contribution in [1.82, 2.24) is 14.5 Å². The zero-order valence-corrected chi connectivity index (χ0v) is 13.7. The predicted octanol–water partition coefficient (Wildman–Crippen LogP) is 3.88. The maximum atomic E-state index is 6.02. The normalized spacial score (nSPS) is 11.6. The molecule has 0 N–H and O–H groups in total. The molecule has 2 rings (SSSR count). The van der Waals surface area contributed by atoms with Gasteiger partial charge in [0.2, 0.25) is 0 Å². The number of hydrogen-bond donors (Lipinski definition) is 0. The molecule has 3 nitrogen and oxygen atoms in total. The first kappa shape index (κ1) is 14.8. The van der Waals surface area contributed by atoms with Gasteiger partial charge in [0.25, 0.3) is 0 Å². The molecule has 5 heteroatoms. The molecule has 1 aromatic heterocycles. The SMILES string of the molecule is CCN(CC)CCn1c(CCl)nc2cc(Br)ccc21. The van der Waals surface area contributed by atoms with Gasteiger partial charge < -0.3 is 9.47 Å². The Morgan fingerprint density at radius 3 is 2.68 bits per heavy atom. The number of halogens is 2. The van der Waals surface area contributed by atoms with E-state index in [1.807, 2.05) is 6.07 Å². The molecule has 0 spiro atoms. The molecule has 19 heavy (non-hydrogen) atoms. The third-order valence-corrected chi connectivity index (χ3v) is 4.18. The molecule has 0 aliphatic carbocycles. The van der Waals surface area contributed by atoms with Gasteiger partial charge in [0.15, 0.2) is 0 Å². The summed E-state index contributed by atoms with van der Waals surface area (Å²) in [7, 11) is 0. The Morgan fingerprint density at radius 2 is 2.05 bits per heavy atom. The van der Waals surface area contributed by atoms with Gasteiger partial charge in [-0.2, -0.15) is 0 Å². The Kier molecular flexibility index (Phi) is 5.25. The minimum atomic E-state index is 0.449. The van der Waals surface area contributed by atoms with Crippen LogP contribution in [0.15, 0.2) is 22.7 Å². The summed E-state index contributed by atoms with van der Waals surface area (Å²) in [5.74, 6) is 1.40. The van der Waals surface area contributed by atoms with Crippen LogP contribution in [0.3, 0.4) is 0 Å². The fraction of sp³-hybridized carbons (Fsp3) is 0.500. The molecule has 104 valence electrons. The number of rotatable bonds is 6. The lowest BCUT2D eigenvalue weighted by Crippen LogP contribution is -2.27. The molecule has 0 saturated carbocycles. The van der Waals surface area contributed by atoms with Crippen LogP contribution in [0.4, 0.5) is 0 Å². The van der Waals surface area contributed by atoms with E-state index < -0.39 is 0 Å². The fourth-order valence-electron chi connectivity index (χ4n) is 2.29. The molecule has 0 unspecified atom stereocenters. The summed E-state index contributed by atoms with van der Waals surface area (Å²) in [5, 5.41) is 0. The molecule has 0 aliphatic heterocycles. The van der Waals surface area contributed by atoms with Crippen molar-refractivity contribution in [3.63, 3.8) is 0 Å². The number of fused-ring (bicyclic) bond motifs is 1. The molecule has 1 heterocycles. The molecule has 0 fully saturated rings. The third-order valence-electron chi connectivity index (χ3n) is 3.44. The lowest BCUT2D eigenvalue weighted by molar-refractivity contribution is 0.291. The van der Waals surface area contributed by atoms with E-state index in [-0.39, 0.29) is 0 Å². The molecular formula is C14H19BrClN3. The maximum absolute atomic E-state index is 6.02. The molecule has 0 aliphatic rings. The number of benzene rings is 1. The van der Waals surface area contributed by atoms with Crippen molar-refractivity contribution < 1.29 is 0 Å². The number of aromatic nitrogens is 2. The number of alkyl halides is 1. The highest BCUT2D eigenvalue weighted by Crippen LogP contribution is 2.21. The van der Waals surface area contributed by atoms with Crippen molar-refractivity contribution >= 4 is 38.6 Å². The van der Waals surface area contributed by atoms with E-state index >= 15 is 0 Å². The van der Waals surface area contributed by atoms with Crippen LogP contribution in [0.5, 0.6) is 0 Å². The van der Waals surface area contributed by atoms with Gasteiger partial charge in [-0.1, -0.05) is 29.8 Å². The zero-order chi connectivity index (χ0) is 13.8. The van der Waals surface area contributed by atoms with Gasteiger partial charge in [-0.05, 0) is 31.3 Å². The fourth-order valence-corrected chi connectivity index (χ4v) is 2.84. The van der Waals surface area contributed by atoms with Crippen LogP contribution in [0, 0.1) is 0 Å². The molecule has 2 aromatic rings. The highest BCUT2D eigenvalue weighted by molar-refractivity contribution is 9.10. The number of imidazole rings is 1. The standard InChI is InChI=1S/C14H19BrClN3/c1-3-18(4-2)7-8-19-13-6-5-11(15)9-12(13)17-14(19)10-16/h5-6,9H,3-4,7-8,10H2,1-2H3. The Bertz CT molecular complexity index is 549. The van der Waals surface area contributed by atoms with Gasteiger partial charge in [0, 0.05) is 17.6 Å². The molecule has 0 bridgehead atoms. The summed E-state index contributed by atoms with van der Waals surface area (Å²) in [5.41, 5.74) is 2.16. The summed E-state index contributed by atoms with van der Waals surface area (Å²) < 4.78 is 3.28.